The first kappa shape index (κ1) is 15.2. The number of ether oxygens (including phenoxy) is 2. The number of rotatable bonds is 5. The van der Waals surface area contributed by atoms with Crippen molar-refractivity contribution in [2.24, 2.45) is 17.8 Å². The van der Waals surface area contributed by atoms with Gasteiger partial charge in [-0.3, -0.25) is 4.79 Å². The molecule has 1 N–H and O–H groups in total. The number of hydrogen-bond donors (Lipinski definition) is 1. The Balaban J connectivity index is 1.69. The molecule has 0 radical (unpaired) electrons. The third-order valence-electron chi connectivity index (χ3n) is 5.45. The van der Waals surface area contributed by atoms with Gasteiger partial charge in [-0.25, -0.2) is 0 Å². The van der Waals surface area contributed by atoms with Gasteiger partial charge < -0.3 is 14.8 Å². The van der Waals surface area contributed by atoms with Gasteiger partial charge in [0.1, 0.15) is 11.5 Å². The zero-order valence-corrected chi connectivity index (χ0v) is 13.6. The zero-order chi connectivity index (χ0) is 15.7. The Bertz CT molecular complexity index is 557. The molecule has 0 aromatic heterocycles. The summed E-state index contributed by atoms with van der Waals surface area (Å²) in [5.41, 5.74) is 0.568. The average Bonchev–Trinajstić information content (AvgIpc) is 3.17. The molecule has 4 nitrogen and oxygen atoms in total. The molecule has 120 valence electrons. The van der Waals surface area contributed by atoms with E-state index in [4.69, 9.17) is 9.47 Å². The van der Waals surface area contributed by atoms with Crippen LogP contribution in [0.15, 0.2) is 18.2 Å². The third kappa shape index (κ3) is 2.79. The predicted molar refractivity (Wildman–Crippen MR) is 85.4 cm³/mol. The highest BCUT2D eigenvalue weighted by molar-refractivity contribution is 5.97. The Morgan fingerprint density at radius 2 is 2.05 bits per heavy atom. The molecule has 4 atom stereocenters. The number of benzene rings is 1. The molecule has 0 spiro atoms. The SMILES string of the molecule is COc1ccc(C(=O)N[C@H](C)[C@@H]2C[C@H]3CC[C@H]2C3)c(OC)c1. The van der Waals surface area contributed by atoms with Crippen LogP contribution in [0.1, 0.15) is 43.0 Å². The van der Waals surface area contributed by atoms with Gasteiger partial charge >= 0.3 is 0 Å². The number of hydrogen-bond acceptors (Lipinski definition) is 3. The lowest BCUT2D eigenvalue weighted by molar-refractivity contribution is 0.0912. The molecule has 2 bridgehead atoms. The van der Waals surface area contributed by atoms with E-state index < -0.39 is 0 Å². The quantitative estimate of drug-likeness (QED) is 0.908. The van der Waals surface area contributed by atoms with Crippen molar-refractivity contribution in [3.05, 3.63) is 23.8 Å². The van der Waals surface area contributed by atoms with E-state index in [-0.39, 0.29) is 11.9 Å². The summed E-state index contributed by atoms with van der Waals surface area (Å²) in [5.74, 6) is 3.51. The first-order valence-electron chi connectivity index (χ1n) is 8.15. The van der Waals surface area contributed by atoms with Gasteiger partial charge in [0.2, 0.25) is 0 Å². The van der Waals surface area contributed by atoms with Crippen molar-refractivity contribution >= 4 is 5.91 Å². The molecular weight excluding hydrogens is 278 g/mol. The van der Waals surface area contributed by atoms with Crippen LogP contribution in [-0.2, 0) is 0 Å². The molecule has 0 saturated heterocycles. The Morgan fingerprint density at radius 3 is 2.64 bits per heavy atom. The van der Waals surface area contributed by atoms with Gasteiger partial charge in [0.25, 0.3) is 5.91 Å². The third-order valence-corrected chi connectivity index (χ3v) is 5.45. The molecule has 0 heterocycles. The van der Waals surface area contributed by atoms with Crippen LogP contribution in [0, 0.1) is 17.8 Å². The standard InChI is InChI=1S/C18H25NO3/c1-11(16-9-12-4-5-13(16)8-12)19-18(20)15-7-6-14(21-2)10-17(15)22-3/h6-7,10-13,16H,4-5,8-9H2,1-3H3,(H,19,20)/t11-,12+,13+,16+/m1/s1. The van der Waals surface area contributed by atoms with Crippen molar-refractivity contribution in [2.45, 2.75) is 38.6 Å². The number of fused-ring (bicyclic) bond motifs is 2. The van der Waals surface area contributed by atoms with Crippen LogP contribution in [-0.4, -0.2) is 26.2 Å². The molecule has 1 amide bonds. The highest BCUT2D eigenvalue weighted by Gasteiger charge is 2.42. The zero-order valence-electron chi connectivity index (χ0n) is 13.6. The predicted octanol–water partition coefficient (Wildman–Crippen LogP) is 3.26. The number of carbonyl (C=O) groups excluding carboxylic acids is 1. The average molecular weight is 303 g/mol. The van der Waals surface area contributed by atoms with Gasteiger partial charge in [0.05, 0.1) is 19.8 Å². The minimum Gasteiger partial charge on any atom is -0.497 e. The van der Waals surface area contributed by atoms with E-state index in [1.165, 1.54) is 25.7 Å². The lowest BCUT2D eigenvalue weighted by Gasteiger charge is -2.28. The topological polar surface area (TPSA) is 47.6 Å². The summed E-state index contributed by atoms with van der Waals surface area (Å²) in [6, 6.07) is 5.52. The molecule has 2 aliphatic carbocycles. The maximum atomic E-state index is 12.6. The summed E-state index contributed by atoms with van der Waals surface area (Å²) in [5, 5.41) is 3.18. The van der Waals surface area contributed by atoms with Crippen molar-refractivity contribution in [1.82, 2.24) is 5.32 Å². The van der Waals surface area contributed by atoms with Gasteiger partial charge in [-0.05, 0) is 56.1 Å². The van der Waals surface area contributed by atoms with Crippen molar-refractivity contribution in [1.29, 1.82) is 0 Å². The first-order valence-corrected chi connectivity index (χ1v) is 8.15. The van der Waals surface area contributed by atoms with Crippen LogP contribution in [0.3, 0.4) is 0 Å². The molecule has 1 aromatic rings. The largest absolute Gasteiger partial charge is 0.497 e. The molecular formula is C18H25NO3. The molecule has 3 rings (SSSR count). The second-order valence-electron chi connectivity index (χ2n) is 6.67. The molecule has 2 aliphatic rings. The van der Waals surface area contributed by atoms with E-state index in [1.807, 2.05) is 0 Å². The maximum Gasteiger partial charge on any atom is 0.255 e. The summed E-state index contributed by atoms with van der Waals surface area (Å²) in [6.07, 6.45) is 5.35. The molecule has 0 unspecified atom stereocenters. The normalized spacial score (nSPS) is 27.5. The van der Waals surface area contributed by atoms with E-state index in [0.29, 0.717) is 23.0 Å². The first-order chi connectivity index (χ1) is 10.6. The molecule has 0 aliphatic heterocycles. The Morgan fingerprint density at radius 1 is 1.23 bits per heavy atom. The smallest absolute Gasteiger partial charge is 0.255 e. The Kier molecular flexibility index (Phi) is 4.27. The minimum absolute atomic E-state index is 0.0604. The van der Waals surface area contributed by atoms with Crippen LogP contribution < -0.4 is 14.8 Å². The van der Waals surface area contributed by atoms with Crippen molar-refractivity contribution in [3.63, 3.8) is 0 Å². The molecule has 4 heteroatoms. The second kappa shape index (κ2) is 6.19. The number of carbonyl (C=O) groups is 1. The highest BCUT2D eigenvalue weighted by atomic mass is 16.5. The molecule has 2 saturated carbocycles. The molecule has 1 aromatic carbocycles. The van der Waals surface area contributed by atoms with Crippen LogP contribution >= 0.6 is 0 Å². The van der Waals surface area contributed by atoms with Gasteiger partial charge in [0, 0.05) is 12.1 Å². The fourth-order valence-electron chi connectivity index (χ4n) is 4.28. The van der Waals surface area contributed by atoms with Crippen molar-refractivity contribution < 1.29 is 14.3 Å². The number of nitrogens with one attached hydrogen (secondary N) is 1. The van der Waals surface area contributed by atoms with E-state index in [2.05, 4.69) is 12.2 Å². The highest BCUT2D eigenvalue weighted by Crippen LogP contribution is 2.49. The lowest BCUT2D eigenvalue weighted by Crippen LogP contribution is -2.40. The van der Waals surface area contributed by atoms with Gasteiger partial charge in [-0.1, -0.05) is 6.42 Å². The van der Waals surface area contributed by atoms with E-state index in [1.54, 1.807) is 32.4 Å². The van der Waals surface area contributed by atoms with Crippen LogP contribution in [0.25, 0.3) is 0 Å². The monoisotopic (exact) mass is 303 g/mol. The van der Waals surface area contributed by atoms with Crippen LogP contribution in [0.4, 0.5) is 0 Å². The van der Waals surface area contributed by atoms with Crippen LogP contribution in [0.2, 0.25) is 0 Å². The Hall–Kier alpha value is -1.71. The summed E-state index contributed by atoms with van der Waals surface area (Å²) in [7, 11) is 3.18. The summed E-state index contributed by atoms with van der Waals surface area (Å²) in [4.78, 5) is 12.6. The van der Waals surface area contributed by atoms with E-state index >= 15 is 0 Å². The fraction of sp³-hybridized carbons (Fsp3) is 0.611. The maximum absolute atomic E-state index is 12.6. The summed E-state index contributed by atoms with van der Waals surface area (Å²) >= 11 is 0. The van der Waals surface area contributed by atoms with E-state index in [0.717, 1.165) is 11.8 Å². The second-order valence-corrected chi connectivity index (χ2v) is 6.67. The van der Waals surface area contributed by atoms with Crippen molar-refractivity contribution in [2.75, 3.05) is 14.2 Å². The van der Waals surface area contributed by atoms with Crippen LogP contribution in [0.5, 0.6) is 11.5 Å². The summed E-state index contributed by atoms with van der Waals surface area (Å²) in [6.45, 7) is 2.14. The fourth-order valence-corrected chi connectivity index (χ4v) is 4.28. The summed E-state index contributed by atoms with van der Waals surface area (Å²) < 4.78 is 10.5. The lowest BCUT2D eigenvalue weighted by atomic mass is 9.84. The van der Waals surface area contributed by atoms with Gasteiger partial charge in [0.15, 0.2) is 0 Å². The van der Waals surface area contributed by atoms with Gasteiger partial charge in [-0.2, -0.15) is 0 Å². The minimum atomic E-state index is -0.0604. The number of amides is 1. The number of methoxy groups -OCH3 is 2. The molecule has 22 heavy (non-hydrogen) atoms. The molecule has 2 fully saturated rings. The van der Waals surface area contributed by atoms with Gasteiger partial charge in [-0.15, -0.1) is 0 Å². The Labute approximate surface area is 132 Å². The van der Waals surface area contributed by atoms with Crippen molar-refractivity contribution in [3.8, 4) is 11.5 Å². The van der Waals surface area contributed by atoms with E-state index in [9.17, 15) is 4.79 Å².